The van der Waals surface area contributed by atoms with Gasteiger partial charge >= 0.3 is 0 Å². The van der Waals surface area contributed by atoms with Crippen LogP contribution in [0.3, 0.4) is 0 Å². The first kappa shape index (κ1) is 11.9. The third-order valence-electron chi connectivity index (χ3n) is 1.92. The van der Waals surface area contributed by atoms with Crippen molar-refractivity contribution in [3.05, 3.63) is 5.01 Å². The molecule has 0 fully saturated rings. The normalized spacial score (nSPS) is 10.9. The fraction of sp³-hybridized carbons (Fsp3) is 0.778. The van der Waals surface area contributed by atoms with Crippen LogP contribution in [-0.2, 0) is 0 Å². The topological polar surface area (TPSA) is 29.0 Å². The summed E-state index contributed by atoms with van der Waals surface area (Å²) in [5.41, 5.74) is 0. The van der Waals surface area contributed by atoms with Gasteiger partial charge in [-0.15, -0.1) is 10.2 Å². The van der Waals surface area contributed by atoms with Gasteiger partial charge in [-0.05, 0) is 27.2 Å². The average Bonchev–Trinajstić information content (AvgIpc) is 2.52. The quantitative estimate of drug-likeness (QED) is 0.775. The van der Waals surface area contributed by atoms with E-state index in [9.17, 15) is 0 Å². The van der Waals surface area contributed by atoms with E-state index in [0.29, 0.717) is 6.04 Å². The van der Waals surface area contributed by atoms with Crippen molar-refractivity contribution in [1.29, 1.82) is 0 Å². The van der Waals surface area contributed by atoms with E-state index in [0.717, 1.165) is 28.4 Å². The number of hydrogen-bond acceptors (Lipinski definition) is 4. The summed E-state index contributed by atoms with van der Waals surface area (Å²) in [7, 11) is 0. The summed E-state index contributed by atoms with van der Waals surface area (Å²) in [4.78, 5) is 2.30. The zero-order valence-electron chi connectivity index (χ0n) is 8.83. The van der Waals surface area contributed by atoms with E-state index in [4.69, 9.17) is 0 Å². The minimum Gasteiger partial charge on any atom is -0.344 e. The summed E-state index contributed by atoms with van der Waals surface area (Å²) in [5, 5.41) is 11.3. The van der Waals surface area contributed by atoms with Crippen LogP contribution >= 0.6 is 27.3 Å². The molecule has 80 valence electrons. The molecular weight excluding hydrogens is 262 g/mol. The molecule has 1 aromatic rings. The lowest BCUT2D eigenvalue weighted by Gasteiger charge is -2.25. The van der Waals surface area contributed by atoms with Crippen molar-refractivity contribution in [3.8, 4) is 0 Å². The maximum Gasteiger partial charge on any atom is 0.208 e. The number of alkyl halides is 1. The Morgan fingerprint density at radius 2 is 2.14 bits per heavy atom. The maximum atomic E-state index is 4.17. The van der Waals surface area contributed by atoms with E-state index in [-0.39, 0.29) is 0 Å². The van der Waals surface area contributed by atoms with Gasteiger partial charge in [0.1, 0.15) is 5.01 Å². The van der Waals surface area contributed by atoms with Gasteiger partial charge in [-0.2, -0.15) is 0 Å². The van der Waals surface area contributed by atoms with Gasteiger partial charge in [-0.1, -0.05) is 27.3 Å². The fourth-order valence-corrected chi connectivity index (χ4v) is 2.30. The van der Waals surface area contributed by atoms with Crippen LogP contribution in [0.4, 0.5) is 5.13 Å². The largest absolute Gasteiger partial charge is 0.344 e. The molecule has 0 spiro atoms. The summed E-state index contributed by atoms with van der Waals surface area (Å²) in [5.74, 6) is 0. The second kappa shape index (κ2) is 5.66. The van der Waals surface area contributed by atoms with Crippen molar-refractivity contribution in [2.24, 2.45) is 0 Å². The fourth-order valence-electron chi connectivity index (χ4n) is 1.21. The molecular formula is C9H16BrN3S. The van der Waals surface area contributed by atoms with Crippen molar-refractivity contribution in [3.63, 3.8) is 0 Å². The molecule has 0 aliphatic carbocycles. The molecule has 14 heavy (non-hydrogen) atoms. The van der Waals surface area contributed by atoms with Gasteiger partial charge in [0, 0.05) is 17.9 Å². The molecule has 0 N–H and O–H groups in total. The van der Waals surface area contributed by atoms with Crippen LogP contribution < -0.4 is 4.90 Å². The molecule has 0 unspecified atom stereocenters. The molecule has 0 saturated heterocycles. The molecule has 0 bridgehead atoms. The lowest BCUT2D eigenvalue weighted by Crippen LogP contribution is -2.31. The van der Waals surface area contributed by atoms with Gasteiger partial charge in [0.2, 0.25) is 5.13 Å². The summed E-state index contributed by atoms with van der Waals surface area (Å²) >= 11 is 5.11. The van der Waals surface area contributed by atoms with Crippen molar-refractivity contribution < 1.29 is 0 Å². The predicted molar refractivity (Wildman–Crippen MR) is 65.5 cm³/mol. The van der Waals surface area contributed by atoms with E-state index < -0.39 is 0 Å². The summed E-state index contributed by atoms with van der Waals surface area (Å²) in [6, 6.07) is 0.487. The predicted octanol–water partition coefficient (Wildman–Crippen LogP) is 2.85. The zero-order valence-corrected chi connectivity index (χ0v) is 11.2. The first-order valence-corrected chi connectivity index (χ1v) is 6.71. The highest BCUT2D eigenvalue weighted by atomic mass is 79.9. The Labute approximate surface area is 97.7 Å². The number of anilines is 1. The Morgan fingerprint density at radius 1 is 1.43 bits per heavy atom. The number of nitrogens with zero attached hydrogens (tertiary/aromatic N) is 3. The van der Waals surface area contributed by atoms with E-state index >= 15 is 0 Å². The smallest absolute Gasteiger partial charge is 0.208 e. The highest BCUT2D eigenvalue weighted by molar-refractivity contribution is 9.09. The van der Waals surface area contributed by atoms with Gasteiger partial charge in [0.25, 0.3) is 0 Å². The van der Waals surface area contributed by atoms with Crippen LogP contribution in [0, 0.1) is 6.92 Å². The van der Waals surface area contributed by atoms with Gasteiger partial charge in [-0.25, -0.2) is 0 Å². The molecule has 5 heteroatoms. The third kappa shape index (κ3) is 3.20. The highest BCUT2D eigenvalue weighted by Gasteiger charge is 2.13. The molecule has 0 atom stereocenters. The van der Waals surface area contributed by atoms with Gasteiger partial charge in [-0.3, -0.25) is 0 Å². The minimum atomic E-state index is 0.487. The Balaban J connectivity index is 2.67. The minimum absolute atomic E-state index is 0.487. The second-order valence-corrected chi connectivity index (χ2v) is 5.39. The molecule has 0 radical (unpaired) electrons. The number of hydrogen-bond donors (Lipinski definition) is 0. The van der Waals surface area contributed by atoms with Crippen molar-refractivity contribution in [2.75, 3.05) is 16.8 Å². The van der Waals surface area contributed by atoms with Gasteiger partial charge in [0.15, 0.2) is 0 Å². The van der Waals surface area contributed by atoms with Gasteiger partial charge in [0.05, 0.1) is 0 Å². The summed E-state index contributed by atoms with van der Waals surface area (Å²) in [6.07, 6.45) is 1.14. The highest BCUT2D eigenvalue weighted by Crippen LogP contribution is 2.21. The first-order chi connectivity index (χ1) is 6.65. The molecule has 0 aromatic carbocycles. The second-order valence-electron chi connectivity index (χ2n) is 3.43. The Kier molecular flexibility index (Phi) is 4.81. The molecule has 0 aliphatic rings. The molecule has 0 aliphatic heterocycles. The average molecular weight is 278 g/mol. The number of aryl methyl sites for hydroxylation is 1. The van der Waals surface area contributed by atoms with Crippen LogP contribution in [0.25, 0.3) is 0 Å². The SMILES string of the molecule is Cc1nnc(N(CCCBr)C(C)C)s1. The monoisotopic (exact) mass is 277 g/mol. The molecule has 0 saturated carbocycles. The number of rotatable bonds is 5. The van der Waals surface area contributed by atoms with Crippen molar-refractivity contribution in [2.45, 2.75) is 33.2 Å². The van der Waals surface area contributed by atoms with Crippen LogP contribution in [-0.4, -0.2) is 28.1 Å². The van der Waals surface area contributed by atoms with Crippen LogP contribution in [0.5, 0.6) is 0 Å². The molecule has 1 heterocycles. The maximum absolute atomic E-state index is 4.17. The molecule has 0 amide bonds. The van der Waals surface area contributed by atoms with Crippen LogP contribution in [0.1, 0.15) is 25.3 Å². The first-order valence-electron chi connectivity index (χ1n) is 4.78. The summed E-state index contributed by atoms with van der Waals surface area (Å²) < 4.78 is 0. The van der Waals surface area contributed by atoms with E-state index in [1.807, 2.05) is 6.92 Å². The standard InChI is InChI=1S/C9H16BrN3S/c1-7(2)13(6-4-5-10)9-12-11-8(3)14-9/h7H,4-6H2,1-3H3. The van der Waals surface area contributed by atoms with Crippen LogP contribution in [0.2, 0.25) is 0 Å². The lowest BCUT2D eigenvalue weighted by atomic mass is 10.3. The van der Waals surface area contributed by atoms with Crippen LogP contribution in [0.15, 0.2) is 0 Å². The molecule has 3 nitrogen and oxygen atoms in total. The van der Waals surface area contributed by atoms with Gasteiger partial charge < -0.3 is 4.90 Å². The number of halogens is 1. The third-order valence-corrected chi connectivity index (χ3v) is 3.35. The van der Waals surface area contributed by atoms with E-state index in [2.05, 4.69) is 44.9 Å². The van der Waals surface area contributed by atoms with E-state index in [1.165, 1.54) is 0 Å². The Bertz CT molecular complexity index is 275. The lowest BCUT2D eigenvalue weighted by molar-refractivity contribution is 0.668. The van der Waals surface area contributed by atoms with Crippen molar-refractivity contribution >= 4 is 32.4 Å². The Morgan fingerprint density at radius 3 is 2.57 bits per heavy atom. The molecule has 1 rings (SSSR count). The van der Waals surface area contributed by atoms with Crippen molar-refractivity contribution in [1.82, 2.24) is 10.2 Å². The molecule has 1 aromatic heterocycles. The summed E-state index contributed by atoms with van der Waals surface area (Å²) in [6.45, 7) is 7.40. The number of aromatic nitrogens is 2. The Hall–Kier alpha value is -0.160. The zero-order chi connectivity index (χ0) is 10.6. The van der Waals surface area contributed by atoms with E-state index in [1.54, 1.807) is 11.3 Å².